The van der Waals surface area contributed by atoms with Gasteiger partial charge in [-0.15, -0.1) is 21.5 Å². The third kappa shape index (κ3) is 5.84. The second kappa shape index (κ2) is 10.6. The Morgan fingerprint density at radius 3 is 2.80 bits per heavy atom. The van der Waals surface area contributed by atoms with Gasteiger partial charge in [0.15, 0.2) is 10.9 Å². The molecule has 7 nitrogen and oxygen atoms in total. The number of Topliss-reactive ketones (excluding diaryl/α,β-unsaturated/α-hetero) is 1. The van der Waals surface area contributed by atoms with E-state index < -0.39 is 0 Å². The number of aryl methyl sites for hydroxylation is 1. The molecule has 1 amide bonds. The first-order valence-corrected chi connectivity index (χ1v) is 11.4. The molecule has 0 atom stereocenters. The Hall–Kier alpha value is -2.36. The molecule has 2 aromatic heterocycles. The molecule has 0 radical (unpaired) electrons. The van der Waals surface area contributed by atoms with Crippen LogP contribution in [0, 0.1) is 0 Å². The smallest absolute Gasteiger partial charge is 0.216 e. The van der Waals surface area contributed by atoms with Crippen LogP contribution >= 0.6 is 34.7 Å². The number of nitrogens with one attached hydrogen (secondary N) is 1. The predicted molar refractivity (Wildman–Crippen MR) is 119 cm³/mol. The zero-order valence-electron chi connectivity index (χ0n) is 16.6. The number of rotatable bonds is 10. The lowest BCUT2D eigenvalue weighted by atomic mass is 10.2. The molecule has 0 unspecified atom stereocenters. The molecule has 0 saturated carbocycles. The van der Waals surface area contributed by atoms with E-state index in [2.05, 4.69) is 15.5 Å². The number of thioether (sulfide) groups is 1. The molecule has 2 heterocycles. The van der Waals surface area contributed by atoms with Crippen LogP contribution < -0.4 is 10.1 Å². The summed E-state index contributed by atoms with van der Waals surface area (Å²) in [6, 6.07) is 11.0. The largest absolute Gasteiger partial charge is 0.497 e. The van der Waals surface area contributed by atoms with E-state index in [9.17, 15) is 9.59 Å². The average molecular weight is 465 g/mol. The summed E-state index contributed by atoms with van der Waals surface area (Å²) in [5.41, 5.74) is 0.850. The third-order valence-electron chi connectivity index (χ3n) is 4.14. The lowest BCUT2D eigenvalue weighted by Crippen LogP contribution is -2.21. The van der Waals surface area contributed by atoms with E-state index in [1.54, 1.807) is 19.2 Å². The van der Waals surface area contributed by atoms with E-state index >= 15 is 0 Å². The number of halogens is 1. The van der Waals surface area contributed by atoms with Crippen molar-refractivity contribution in [2.24, 2.45) is 0 Å². The Morgan fingerprint density at radius 1 is 1.27 bits per heavy atom. The minimum atomic E-state index is -0.0623. The lowest BCUT2D eigenvalue weighted by Gasteiger charge is -2.11. The number of carbonyl (C=O) groups is 2. The van der Waals surface area contributed by atoms with Crippen LogP contribution in [0.2, 0.25) is 4.34 Å². The van der Waals surface area contributed by atoms with Crippen LogP contribution in [0.4, 0.5) is 0 Å². The van der Waals surface area contributed by atoms with E-state index in [-0.39, 0.29) is 17.4 Å². The van der Waals surface area contributed by atoms with Gasteiger partial charge in [0.05, 0.1) is 27.8 Å². The Kier molecular flexibility index (Phi) is 7.89. The zero-order valence-corrected chi connectivity index (χ0v) is 18.9. The Labute approximate surface area is 187 Å². The first-order valence-electron chi connectivity index (χ1n) is 9.22. The third-order valence-corrected chi connectivity index (χ3v) is 6.34. The van der Waals surface area contributed by atoms with E-state index in [4.69, 9.17) is 16.3 Å². The van der Waals surface area contributed by atoms with Gasteiger partial charge in [0.1, 0.15) is 11.6 Å². The van der Waals surface area contributed by atoms with Crippen LogP contribution in [0.15, 0.2) is 41.6 Å². The summed E-state index contributed by atoms with van der Waals surface area (Å²) in [4.78, 5) is 24.2. The van der Waals surface area contributed by atoms with Crippen molar-refractivity contribution in [3.8, 4) is 11.4 Å². The fourth-order valence-corrected chi connectivity index (χ4v) is 4.67. The highest BCUT2D eigenvalue weighted by molar-refractivity contribution is 7.99. The fourth-order valence-electron chi connectivity index (χ4n) is 2.74. The van der Waals surface area contributed by atoms with Gasteiger partial charge in [-0.25, -0.2) is 0 Å². The maximum Gasteiger partial charge on any atom is 0.216 e. The van der Waals surface area contributed by atoms with Crippen LogP contribution in [0.25, 0.3) is 5.69 Å². The molecule has 0 aliphatic rings. The van der Waals surface area contributed by atoms with Crippen molar-refractivity contribution in [1.29, 1.82) is 0 Å². The number of hydrogen-bond donors (Lipinski definition) is 1. The number of hydrogen-bond acceptors (Lipinski definition) is 7. The number of ketones is 1. The Balaban J connectivity index is 1.80. The summed E-state index contributed by atoms with van der Waals surface area (Å²) in [7, 11) is 1.61. The highest BCUT2D eigenvalue weighted by Crippen LogP contribution is 2.27. The highest BCUT2D eigenvalue weighted by atomic mass is 35.5. The monoisotopic (exact) mass is 464 g/mol. The molecule has 1 N–H and O–H groups in total. The Bertz CT molecular complexity index is 1030. The average Bonchev–Trinajstić information content (AvgIpc) is 3.35. The van der Waals surface area contributed by atoms with Gasteiger partial charge in [-0.3, -0.25) is 14.2 Å². The minimum absolute atomic E-state index is 0.00991. The SMILES string of the molecule is COc1cccc(-n2c(CCCNC(C)=O)nnc2SCC(=O)c2ccc(Cl)s2)c1. The van der Waals surface area contributed by atoms with Gasteiger partial charge in [-0.1, -0.05) is 29.4 Å². The summed E-state index contributed by atoms with van der Waals surface area (Å²) in [5.74, 6) is 1.62. The van der Waals surface area contributed by atoms with Crippen LogP contribution in [0.5, 0.6) is 5.75 Å². The molecule has 3 aromatic rings. The van der Waals surface area contributed by atoms with Gasteiger partial charge < -0.3 is 10.1 Å². The standard InChI is InChI=1S/C20H21ClN4O3S2/c1-13(26)22-10-4-7-19-23-24-20(25(19)14-5-3-6-15(11-14)28-2)29-12-16(27)17-8-9-18(21)30-17/h3,5-6,8-9,11H,4,7,10,12H2,1-2H3,(H,22,26). The maximum absolute atomic E-state index is 12.5. The summed E-state index contributed by atoms with van der Waals surface area (Å²) in [6.45, 7) is 2.05. The van der Waals surface area contributed by atoms with Crippen LogP contribution in [0.1, 0.15) is 28.8 Å². The quantitative estimate of drug-likeness (QED) is 0.277. The van der Waals surface area contributed by atoms with Crippen molar-refractivity contribution in [3.63, 3.8) is 0 Å². The number of thiophene rings is 1. The van der Waals surface area contributed by atoms with Crippen molar-refractivity contribution in [2.75, 3.05) is 19.4 Å². The van der Waals surface area contributed by atoms with Gasteiger partial charge in [0, 0.05) is 26.0 Å². The molecule has 10 heteroatoms. The van der Waals surface area contributed by atoms with Crippen LogP contribution in [0.3, 0.4) is 0 Å². The lowest BCUT2D eigenvalue weighted by molar-refractivity contribution is -0.118. The van der Waals surface area contributed by atoms with Gasteiger partial charge >= 0.3 is 0 Å². The summed E-state index contributed by atoms with van der Waals surface area (Å²) < 4.78 is 7.86. The first kappa shape index (κ1) is 22.3. The summed E-state index contributed by atoms with van der Waals surface area (Å²) in [6.07, 6.45) is 1.35. The van der Waals surface area contributed by atoms with Crippen molar-refractivity contribution >= 4 is 46.4 Å². The molecule has 158 valence electrons. The maximum atomic E-state index is 12.5. The second-order valence-corrected chi connectivity index (χ2v) is 9.00. The van der Waals surface area contributed by atoms with Gasteiger partial charge in [-0.05, 0) is 30.7 Å². The molecule has 0 spiro atoms. The molecule has 30 heavy (non-hydrogen) atoms. The topological polar surface area (TPSA) is 86.1 Å². The zero-order chi connectivity index (χ0) is 21.5. The number of amides is 1. The number of benzene rings is 1. The van der Waals surface area contributed by atoms with E-state index in [0.29, 0.717) is 33.1 Å². The van der Waals surface area contributed by atoms with Gasteiger partial charge in [-0.2, -0.15) is 0 Å². The molecule has 0 fully saturated rings. The highest BCUT2D eigenvalue weighted by Gasteiger charge is 2.17. The van der Waals surface area contributed by atoms with Gasteiger partial charge in [0.2, 0.25) is 5.91 Å². The molecule has 0 saturated heterocycles. The number of nitrogens with zero attached hydrogens (tertiary/aromatic N) is 3. The van der Waals surface area contributed by atoms with Crippen molar-refractivity contribution in [2.45, 2.75) is 24.9 Å². The molecular weight excluding hydrogens is 444 g/mol. The number of methoxy groups -OCH3 is 1. The molecular formula is C20H21ClN4O3S2. The number of carbonyl (C=O) groups excluding carboxylic acids is 2. The molecule has 0 bridgehead atoms. The number of aromatic nitrogens is 3. The summed E-state index contributed by atoms with van der Waals surface area (Å²) >= 11 is 8.53. The minimum Gasteiger partial charge on any atom is -0.497 e. The molecule has 3 rings (SSSR count). The Morgan fingerprint density at radius 2 is 2.10 bits per heavy atom. The normalized spacial score (nSPS) is 10.8. The predicted octanol–water partition coefficient (Wildman–Crippen LogP) is 4.03. The van der Waals surface area contributed by atoms with Crippen LogP contribution in [-0.4, -0.2) is 45.9 Å². The molecule has 0 aliphatic carbocycles. The van der Waals surface area contributed by atoms with Crippen molar-refractivity contribution in [1.82, 2.24) is 20.1 Å². The van der Waals surface area contributed by atoms with Crippen molar-refractivity contribution < 1.29 is 14.3 Å². The van der Waals surface area contributed by atoms with Gasteiger partial charge in [0.25, 0.3) is 0 Å². The van der Waals surface area contributed by atoms with E-state index in [1.165, 1.54) is 30.0 Å². The van der Waals surface area contributed by atoms with E-state index in [1.807, 2.05) is 28.8 Å². The number of ether oxygens (including phenoxy) is 1. The molecule has 0 aliphatic heterocycles. The first-order chi connectivity index (χ1) is 14.5. The second-order valence-electron chi connectivity index (χ2n) is 6.34. The summed E-state index contributed by atoms with van der Waals surface area (Å²) in [5, 5.41) is 12.0. The van der Waals surface area contributed by atoms with Crippen LogP contribution in [-0.2, 0) is 11.2 Å². The fraction of sp³-hybridized carbons (Fsp3) is 0.300. The van der Waals surface area contributed by atoms with Crippen molar-refractivity contribution in [3.05, 3.63) is 51.4 Å². The molecule has 1 aromatic carbocycles. The van der Waals surface area contributed by atoms with E-state index in [0.717, 1.165) is 17.9 Å².